The number of alkyl halides is 3. The Bertz CT molecular complexity index is 1190. The average molecular weight is 520 g/mol. The van der Waals surface area contributed by atoms with E-state index in [4.69, 9.17) is 15.9 Å². The molecule has 37 heavy (non-hydrogen) atoms. The van der Waals surface area contributed by atoms with Crippen molar-refractivity contribution in [3.8, 4) is 11.1 Å². The maximum absolute atomic E-state index is 14.0. The Balaban J connectivity index is 2.15. The second-order valence-electron chi connectivity index (χ2n) is 8.49. The summed E-state index contributed by atoms with van der Waals surface area (Å²) < 4.78 is 48.1. The second kappa shape index (κ2) is 11.8. The SMILES string of the molecule is CCN/C=C(\N)CN1CCc2c(cc(CN(C=N)/C=C\OC)cc2-c2cn(CC)nc2C(F)(F)F)C1=O. The van der Waals surface area contributed by atoms with Gasteiger partial charge in [0.1, 0.15) is 0 Å². The molecule has 200 valence electrons. The molecule has 0 fully saturated rings. The Hall–Kier alpha value is -3.96. The van der Waals surface area contributed by atoms with Gasteiger partial charge in [0, 0.05) is 61.6 Å². The Morgan fingerprint density at radius 1 is 1.30 bits per heavy atom. The van der Waals surface area contributed by atoms with Gasteiger partial charge in [0.25, 0.3) is 5.91 Å². The lowest BCUT2D eigenvalue weighted by molar-refractivity contribution is -0.141. The van der Waals surface area contributed by atoms with E-state index in [0.29, 0.717) is 47.5 Å². The fourth-order valence-corrected chi connectivity index (χ4v) is 4.17. The van der Waals surface area contributed by atoms with E-state index in [9.17, 15) is 18.0 Å². The number of carbonyl (C=O) groups is 1. The van der Waals surface area contributed by atoms with Crippen molar-refractivity contribution >= 4 is 12.2 Å². The number of benzene rings is 1. The van der Waals surface area contributed by atoms with Crippen LogP contribution in [0.3, 0.4) is 0 Å². The minimum Gasteiger partial charge on any atom is -0.503 e. The highest BCUT2D eigenvalue weighted by molar-refractivity contribution is 5.99. The molecule has 0 bridgehead atoms. The van der Waals surface area contributed by atoms with Crippen LogP contribution in [0.5, 0.6) is 0 Å². The van der Waals surface area contributed by atoms with E-state index < -0.39 is 11.9 Å². The molecule has 2 heterocycles. The molecule has 0 spiro atoms. The van der Waals surface area contributed by atoms with E-state index >= 15 is 0 Å². The molecule has 9 nitrogen and oxygen atoms in total. The zero-order valence-corrected chi connectivity index (χ0v) is 21.1. The largest absolute Gasteiger partial charge is 0.503 e. The molecule has 1 aliphatic rings. The van der Waals surface area contributed by atoms with E-state index in [1.807, 2.05) is 6.92 Å². The van der Waals surface area contributed by atoms with E-state index in [-0.39, 0.29) is 31.1 Å². The van der Waals surface area contributed by atoms with Crippen LogP contribution in [-0.4, -0.2) is 58.6 Å². The number of fused-ring (bicyclic) bond motifs is 1. The smallest absolute Gasteiger partial charge is 0.435 e. The first kappa shape index (κ1) is 27.6. The molecule has 4 N–H and O–H groups in total. The van der Waals surface area contributed by atoms with Gasteiger partial charge in [-0.05, 0) is 49.1 Å². The summed E-state index contributed by atoms with van der Waals surface area (Å²) >= 11 is 0. The van der Waals surface area contributed by atoms with Gasteiger partial charge in [-0.3, -0.25) is 14.9 Å². The summed E-state index contributed by atoms with van der Waals surface area (Å²) in [4.78, 5) is 16.6. The van der Waals surface area contributed by atoms with Gasteiger partial charge in [-0.1, -0.05) is 0 Å². The average Bonchev–Trinajstić information content (AvgIpc) is 3.32. The van der Waals surface area contributed by atoms with Gasteiger partial charge in [-0.15, -0.1) is 0 Å². The first-order valence-corrected chi connectivity index (χ1v) is 11.9. The van der Waals surface area contributed by atoms with Gasteiger partial charge >= 0.3 is 6.18 Å². The summed E-state index contributed by atoms with van der Waals surface area (Å²) in [5.74, 6) is -0.317. The van der Waals surface area contributed by atoms with Gasteiger partial charge < -0.3 is 25.6 Å². The maximum atomic E-state index is 14.0. The number of hydrogen-bond donors (Lipinski definition) is 3. The molecule has 0 aliphatic carbocycles. The Morgan fingerprint density at radius 2 is 2.03 bits per heavy atom. The van der Waals surface area contributed by atoms with Crippen molar-refractivity contribution in [3.05, 3.63) is 65.1 Å². The van der Waals surface area contributed by atoms with Crippen LogP contribution in [0.4, 0.5) is 13.2 Å². The normalized spacial score (nSPS) is 14.2. The van der Waals surface area contributed by atoms with Gasteiger partial charge in [0.05, 0.1) is 26.3 Å². The Kier molecular flexibility index (Phi) is 8.85. The summed E-state index contributed by atoms with van der Waals surface area (Å²) in [6.07, 6.45) is 2.66. The predicted molar refractivity (Wildman–Crippen MR) is 134 cm³/mol. The van der Waals surface area contributed by atoms with Crippen LogP contribution in [-0.2, 0) is 30.4 Å². The number of aryl methyl sites for hydroxylation is 1. The molecule has 1 amide bonds. The zero-order valence-electron chi connectivity index (χ0n) is 21.1. The third kappa shape index (κ3) is 6.43. The highest BCUT2D eigenvalue weighted by atomic mass is 19.4. The van der Waals surface area contributed by atoms with Gasteiger partial charge in [-0.2, -0.15) is 18.3 Å². The maximum Gasteiger partial charge on any atom is 0.435 e. The van der Waals surface area contributed by atoms with E-state index in [2.05, 4.69) is 10.4 Å². The van der Waals surface area contributed by atoms with E-state index in [1.165, 1.54) is 35.4 Å². The monoisotopic (exact) mass is 519 g/mol. The second-order valence-corrected chi connectivity index (χ2v) is 8.49. The summed E-state index contributed by atoms with van der Waals surface area (Å²) in [6.45, 7) is 5.21. The molecular formula is C25H32F3N7O2. The Labute approximate surface area is 213 Å². The summed E-state index contributed by atoms with van der Waals surface area (Å²) in [6, 6.07) is 3.32. The third-order valence-electron chi connectivity index (χ3n) is 5.89. The minimum absolute atomic E-state index is 0.0749. The molecule has 3 rings (SSSR count). The highest BCUT2D eigenvalue weighted by Crippen LogP contribution is 2.40. The van der Waals surface area contributed by atoms with E-state index in [1.54, 1.807) is 30.2 Å². The van der Waals surface area contributed by atoms with Crippen molar-refractivity contribution in [2.24, 2.45) is 5.73 Å². The van der Waals surface area contributed by atoms with Crippen molar-refractivity contribution in [2.75, 3.05) is 26.7 Å². The molecule has 1 aromatic heterocycles. The number of amides is 1. The van der Waals surface area contributed by atoms with Crippen molar-refractivity contribution in [1.29, 1.82) is 5.41 Å². The van der Waals surface area contributed by atoms with Gasteiger partial charge in [0.2, 0.25) is 0 Å². The van der Waals surface area contributed by atoms with Gasteiger partial charge in [-0.25, -0.2) is 0 Å². The molecule has 1 aromatic carbocycles. The summed E-state index contributed by atoms with van der Waals surface area (Å²) in [5, 5.41) is 14.4. The molecule has 12 heteroatoms. The molecule has 0 atom stereocenters. The fourth-order valence-electron chi connectivity index (χ4n) is 4.17. The van der Waals surface area contributed by atoms with Crippen LogP contribution < -0.4 is 11.1 Å². The van der Waals surface area contributed by atoms with Crippen LogP contribution >= 0.6 is 0 Å². The summed E-state index contributed by atoms with van der Waals surface area (Å²) in [5.41, 5.74) is 7.17. The van der Waals surface area contributed by atoms with Crippen molar-refractivity contribution in [1.82, 2.24) is 24.9 Å². The number of rotatable bonds is 11. The van der Waals surface area contributed by atoms with Crippen LogP contribution in [0.1, 0.15) is 41.0 Å². The molecule has 0 radical (unpaired) electrons. The number of nitrogens with one attached hydrogen (secondary N) is 2. The standard InChI is InChI=1S/C25H32F3N7O2/c1-4-31-12-18(30)14-34-7-6-19-20(22-15-35(5-2)32-23(22)25(26,27)28)10-17(11-21(19)24(34)36)13-33(16-29)8-9-37-3/h8-12,15-16,29,31H,4-7,13-14,30H2,1-3H3/b9-8-,18-12-,29-16?. The fraction of sp³-hybridized carbons (Fsp3) is 0.400. The predicted octanol–water partition coefficient (Wildman–Crippen LogP) is 3.52. The lowest BCUT2D eigenvalue weighted by atomic mass is 9.88. The molecule has 2 aromatic rings. The molecule has 1 aliphatic heterocycles. The summed E-state index contributed by atoms with van der Waals surface area (Å²) in [7, 11) is 1.46. The third-order valence-corrected chi connectivity index (χ3v) is 5.89. The number of nitrogens with zero attached hydrogens (tertiary/aromatic N) is 4. The molecule has 0 saturated carbocycles. The van der Waals surface area contributed by atoms with Crippen LogP contribution in [0.2, 0.25) is 0 Å². The number of hydrogen-bond acceptors (Lipinski definition) is 6. The first-order valence-electron chi connectivity index (χ1n) is 11.9. The number of carbonyl (C=O) groups excluding carboxylic acids is 1. The molecular weight excluding hydrogens is 487 g/mol. The highest BCUT2D eigenvalue weighted by Gasteiger charge is 2.39. The molecule has 0 unspecified atom stereocenters. The quantitative estimate of drug-likeness (QED) is 0.238. The topological polar surface area (TPSA) is 112 Å². The minimum atomic E-state index is -4.67. The van der Waals surface area contributed by atoms with Crippen molar-refractivity contribution < 1.29 is 22.7 Å². The van der Waals surface area contributed by atoms with Crippen LogP contribution in [0.15, 0.2) is 42.7 Å². The zero-order chi connectivity index (χ0) is 27.2. The van der Waals surface area contributed by atoms with Crippen molar-refractivity contribution in [3.63, 3.8) is 0 Å². The Morgan fingerprint density at radius 3 is 2.65 bits per heavy atom. The number of methoxy groups -OCH3 is 1. The molecule has 0 saturated heterocycles. The number of nitrogens with two attached hydrogens (primary N) is 1. The van der Waals surface area contributed by atoms with Crippen LogP contribution in [0.25, 0.3) is 11.1 Å². The van der Waals surface area contributed by atoms with Crippen molar-refractivity contribution in [2.45, 2.75) is 39.5 Å². The number of aromatic nitrogens is 2. The number of halogens is 3. The number of ether oxygens (including phenoxy) is 1. The van der Waals surface area contributed by atoms with Gasteiger partial charge in [0.15, 0.2) is 5.69 Å². The van der Waals surface area contributed by atoms with E-state index in [0.717, 1.165) is 6.34 Å². The lowest BCUT2D eigenvalue weighted by Gasteiger charge is -2.31. The van der Waals surface area contributed by atoms with Crippen LogP contribution in [0, 0.1) is 5.41 Å². The lowest BCUT2D eigenvalue weighted by Crippen LogP contribution is -2.40. The first-order chi connectivity index (χ1) is 17.6.